The highest BCUT2D eigenvalue weighted by atomic mass is 32.1. The molecule has 0 fully saturated rings. The van der Waals surface area contributed by atoms with Crippen LogP contribution in [0.1, 0.15) is 30.1 Å². The van der Waals surface area contributed by atoms with E-state index >= 15 is 0 Å². The summed E-state index contributed by atoms with van der Waals surface area (Å²) in [6, 6.07) is 14.1. The van der Waals surface area contributed by atoms with Crippen LogP contribution in [0.4, 0.5) is 5.69 Å². The summed E-state index contributed by atoms with van der Waals surface area (Å²) in [6.07, 6.45) is 0.834. The molecule has 6 nitrogen and oxygen atoms in total. The smallest absolute Gasteiger partial charge is 0.338 e. The van der Waals surface area contributed by atoms with Gasteiger partial charge in [-0.2, -0.15) is 0 Å². The monoisotopic (exact) mass is 384 g/mol. The Bertz CT molecular complexity index is 1020. The van der Waals surface area contributed by atoms with E-state index in [0.717, 1.165) is 4.70 Å². The highest BCUT2D eigenvalue weighted by molar-refractivity contribution is 7.13. The summed E-state index contributed by atoms with van der Waals surface area (Å²) in [5.74, 6) is -0.581. The predicted molar refractivity (Wildman–Crippen MR) is 106 cm³/mol. The van der Waals surface area contributed by atoms with E-state index in [2.05, 4.69) is 5.32 Å². The fourth-order valence-corrected chi connectivity index (χ4v) is 3.74. The third-order valence-electron chi connectivity index (χ3n) is 3.98. The molecule has 1 heterocycles. The van der Waals surface area contributed by atoms with Gasteiger partial charge in [0.1, 0.15) is 0 Å². The van der Waals surface area contributed by atoms with Gasteiger partial charge in [0.15, 0.2) is 0 Å². The van der Waals surface area contributed by atoms with Crippen molar-refractivity contribution in [3.63, 3.8) is 0 Å². The highest BCUT2D eigenvalue weighted by Gasteiger charge is 2.10. The number of hydrogen-bond acceptors (Lipinski definition) is 5. The molecule has 2 aromatic carbocycles. The Morgan fingerprint density at radius 1 is 1.15 bits per heavy atom. The molecule has 0 radical (unpaired) electrons. The number of nitrogens with one attached hydrogen (secondary N) is 1. The predicted octanol–water partition coefficient (Wildman–Crippen LogP) is 3.66. The largest absolute Gasteiger partial charge is 0.462 e. The van der Waals surface area contributed by atoms with Gasteiger partial charge in [0.05, 0.1) is 22.3 Å². The zero-order valence-electron chi connectivity index (χ0n) is 14.9. The van der Waals surface area contributed by atoms with Crippen LogP contribution in [0.2, 0.25) is 0 Å². The molecular weight excluding hydrogens is 364 g/mol. The Labute approximate surface area is 160 Å². The van der Waals surface area contributed by atoms with Crippen molar-refractivity contribution in [3.05, 3.63) is 64.4 Å². The number of rotatable bonds is 7. The summed E-state index contributed by atoms with van der Waals surface area (Å²) in [5.41, 5.74) is 0.925. The first-order valence-corrected chi connectivity index (χ1v) is 9.51. The fraction of sp³-hybridized carbons (Fsp3) is 0.250. The quantitative estimate of drug-likeness (QED) is 0.631. The number of carbonyl (C=O) groups excluding carboxylic acids is 2. The van der Waals surface area contributed by atoms with E-state index in [1.807, 2.05) is 24.3 Å². The molecule has 0 saturated heterocycles. The average molecular weight is 384 g/mol. The van der Waals surface area contributed by atoms with Crippen LogP contribution in [-0.4, -0.2) is 22.4 Å². The number of esters is 1. The maximum Gasteiger partial charge on any atom is 0.338 e. The number of amides is 1. The van der Waals surface area contributed by atoms with E-state index in [1.54, 1.807) is 35.1 Å². The SMILES string of the molecule is CCOC(=O)c1cccc(NC(=O)CCCn2sc3ccccc3c2=O)c1. The zero-order chi connectivity index (χ0) is 19.2. The molecule has 1 aromatic heterocycles. The molecule has 0 unspecified atom stereocenters. The second kappa shape index (κ2) is 8.64. The number of nitrogens with zero attached hydrogens (tertiary/aromatic N) is 1. The van der Waals surface area contributed by atoms with Crippen LogP contribution in [0.5, 0.6) is 0 Å². The first-order valence-electron chi connectivity index (χ1n) is 8.74. The summed E-state index contributed by atoms with van der Waals surface area (Å²) in [7, 11) is 0. The van der Waals surface area contributed by atoms with E-state index in [9.17, 15) is 14.4 Å². The van der Waals surface area contributed by atoms with Gasteiger partial charge in [-0.05, 0) is 43.7 Å². The minimum absolute atomic E-state index is 0.0156. The molecule has 1 N–H and O–H groups in total. The average Bonchev–Trinajstić information content (AvgIpc) is 2.98. The van der Waals surface area contributed by atoms with Crippen LogP contribution in [0, 0.1) is 0 Å². The normalized spacial score (nSPS) is 10.7. The van der Waals surface area contributed by atoms with Crippen molar-refractivity contribution in [1.29, 1.82) is 0 Å². The molecule has 0 bridgehead atoms. The number of ether oxygens (including phenoxy) is 1. The number of hydrogen-bond donors (Lipinski definition) is 1. The van der Waals surface area contributed by atoms with Crippen LogP contribution >= 0.6 is 11.5 Å². The minimum Gasteiger partial charge on any atom is -0.462 e. The van der Waals surface area contributed by atoms with Gasteiger partial charge in [0, 0.05) is 18.7 Å². The van der Waals surface area contributed by atoms with Crippen LogP contribution in [0.3, 0.4) is 0 Å². The lowest BCUT2D eigenvalue weighted by atomic mass is 10.2. The van der Waals surface area contributed by atoms with Crippen LogP contribution < -0.4 is 10.9 Å². The number of aromatic nitrogens is 1. The summed E-state index contributed by atoms with van der Waals surface area (Å²) in [6.45, 7) is 2.53. The number of benzene rings is 2. The Morgan fingerprint density at radius 3 is 2.74 bits per heavy atom. The standard InChI is InChI=1S/C20H20N2O4S/c1-2-26-20(25)14-7-5-8-15(13-14)21-18(23)11-6-12-22-19(24)16-9-3-4-10-17(16)27-22/h3-5,7-10,13H,2,6,11-12H2,1H3,(H,21,23). The lowest BCUT2D eigenvalue weighted by molar-refractivity contribution is -0.116. The molecular formula is C20H20N2O4S. The first kappa shape index (κ1) is 18.8. The summed E-state index contributed by atoms with van der Waals surface area (Å²) in [4.78, 5) is 36.2. The fourth-order valence-electron chi connectivity index (χ4n) is 2.71. The molecule has 0 aliphatic carbocycles. The third-order valence-corrected chi connectivity index (χ3v) is 5.10. The van der Waals surface area contributed by atoms with Gasteiger partial charge < -0.3 is 10.1 Å². The number of fused-ring (bicyclic) bond motifs is 1. The molecule has 7 heteroatoms. The Hall–Kier alpha value is -2.93. The zero-order valence-corrected chi connectivity index (χ0v) is 15.8. The van der Waals surface area contributed by atoms with E-state index in [0.29, 0.717) is 36.2 Å². The number of carbonyl (C=O) groups is 2. The van der Waals surface area contributed by atoms with E-state index < -0.39 is 5.97 Å². The Kier molecular flexibility index (Phi) is 6.03. The molecule has 1 amide bonds. The van der Waals surface area contributed by atoms with Gasteiger partial charge in [-0.1, -0.05) is 29.7 Å². The molecule has 0 aliphatic rings. The van der Waals surface area contributed by atoms with Crippen molar-refractivity contribution in [1.82, 2.24) is 3.96 Å². The molecule has 27 heavy (non-hydrogen) atoms. The van der Waals surface area contributed by atoms with Crippen molar-refractivity contribution in [2.75, 3.05) is 11.9 Å². The second-order valence-electron chi connectivity index (χ2n) is 5.95. The van der Waals surface area contributed by atoms with Crippen LogP contribution in [0.15, 0.2) is 53.3 Å². The Morgan fingerprint density at radius 2 is 1.96 bits per heavy atom. The minimum atomic E-state index is -0.419. The van der Waals surface area contributed by atoms with Crippen LogP contribution in [0.25, 0.3) is 10.1 Å². The first-order chi connectivity index (χ1) is 13.1. The number of anilines is 1. The van der Waals surface area contributed by atoms with Gasteiger partial charge in [0.2, 0.25) is 5.91 Å². The lowest BCUT2D eigenvalue weighted by Gasteiger charge is -2.07. The molecule has 3 rings (SSSR count). The van der Waals surface area contributed by atoms with Crippen molar-refractivity contribution in [3.8, 4) is 0 Å². The lowest BCUT2D eigenvalue weighted by Crippen LogP contribution is -2.16. The third kappa shape index (κ3) is 4.62. The van der Waals surface area contributed by atoms with Crippen molar-refractivity contribution >= 4 is 39.2 Å². The van der Waals surface area contributed by atoms with E-state index in [-0.39, 0.29) is 17.9 Å². The second-order valence-corrected chi connectivity index (χ2v) is 7.01. The maximum atomic E-state index is 12.3. The Balaban J connectivity index is 1.55. The molecule has 0 atom stereocenters. The van der Waals surface area contributed by atoms with Gasteiger partial charge in [-0.3, -0.25) is 13.5 Å². The van der Waals surface area contributed by atoms with Gasteiger partial charge in [-0.25, -0.2) is 4.79 Å². The molecule has 0 spiro atoms. The van der Waals surface area contributed by atoms with E-state index in [1.165, 1.54) is 11.5 Å². The molecule has 0 aliphatic heterocycles. The highest BCUT2D eigenvalue weighted by Crippen LogP contribution is 2.17. The van der Waals surface area contributed by atoms with Gasteiger partial charge >= 0.3 is 5.97 Å². The van der Waals surface area contributed by atoms with Gasteiger partial charge in [-0.15, -0.1) is 0 Å². The summed E-state index contributed by atoms with van der Waals surface area (Å²) < 4.78 is 7.58. The number of aryl methyl sites for hydroxylation is 1. The van der Waals surface area contributed by atoms with Crippen molar-refractivity contribution in [2.45, 2.75) is 26.3 Å². The van der Waals surface area contributed by atoms with E-state index in [4.69, 9.17) is 4.74 Å². The van der Waals surface area contributed by atoms with Gasteiger partial charge in [0.25, 0.3) is 5.56 Å². The maximum absolute atomic E-state index is 12.3. The van der Waals surface area contributed by atoms with Crippen molar-refractivity contribution < 1.29 is 14.3 Å². The summed E-state index contributed by atoms with van der Waals surface area (Å²) >= 11 is 1.41. The topological polar surface area (TPSA) is 77.4 Å². The molecule has 140 valence electrons. The summed E-state index contributed by atoms with van der Waals surface area (Å²) in [5, 5.41) is 3.49. The van der Waals surface area contributed by atoms with Crippen molar-refractivity contribution in [2.24, 2.45) is 0 Å². The van der Waals surface area contributed by atoms with Crippen LogP contribution in [-0.2, 0) is 16.1 Å². The molecule has 3 aromatic rings. The molecule has 0 saturated carbocycles.